The number of aromatic nitrogens is 1. The molecule has 0 saturated carbocycles. The van der Waals surface area contributed by atoms with Crippen molar-refractivity contribution in [2.24, 2.45) is 5.92 Å². The van der Waals surface area contributed by atoms with Crippen LogP contribution in [-0.4, -0.2) is 4.98 Å². The molecule has 0 spiro atoms. The highest BCUT2D eigenvalue weighted by molar-refractivity contribution is 5.81. The van der Waals surface area contributed by atoms with Gasteiger partial charge in [-0.25, -0.2) is 0 Å². The molecule has 144 valence electrons. The molecule has 1 nitrogen and oxygen atoms in total. The minimum atomic E-state index is -1.38. The molecule has 1 aliphatic carbocycles. The lowest BCUT2D eigenvalue weighted by Crippen LogP contribution is -2.43. The first-order valence-corrected chi connectivity index (χ1v) is 10.2. The monoisotopic (exact) mass is 371 g/mol. The van der Waals surface area contributed by atoms with Crippen LogP contribution in [-0.2, 0) is 17.2 Å². The molecule has 0 bridgehead atoms. The van der Waals surface area contributed by atoms with Crippen molar-refractivity contribution < 1.29 is 2.74 Å². The summed E-state index contributed by atoms with van der Waals surface area (Å²) in [4.78, 5) is 4.59. The Morgan fingerprint density at radius 1 is 0.857 bits per heavy atom. The van der Waals surface area contributed by atoms with Crippen LogP contribution in [0, 0.1) is 5.92 Å². The summed E-state index contributed by atoms with van der Waals surface area (Å²) in [5.74, 6) is -0.105. The summed E-state index contributed by atoms with van der Waals surface area (Å²) in [5.41, 5.74) is 7.80. The molecule has 28 heavy (non-hydrogen) atoms. The van der Waals surface area contributed by atoms with E-state index < -0.39 is 6.37 Å². The summed E-state index contributed by atoms with van der Waals surface area (Å²) in [6.07, 6.45) is 0.343. The largest absolute Gasteiger partial charge is 0.256 e. The first-order chi connectivity index (χ1) is 14.0. The van der Waals surface area contributed by atoms with Gasteiger partial charge in [0, 0.05) is 14.5 Å². The Bertz CT molecular complexity index is 1110. The Morgan fingerprint density at radius 3 is 2.25 bits per heavy atom. The van der Waals surface area contributed by atoms with E-state index in [-0.39, 0.29) is 16.7 Å². The van der Waals surface area contributed by atoms with Gasteiger partial charge in [-0.05, 0) is 69.1 Å². The quantitative estimate of drug-likeness (QED) is 0.475. The Morgan fingerprint density at radius 2 is 1.54 bits per heavy atom. The van der Waals surface area contributed by atoms with Crippen LogP contribution in [0.1, 0.15) is 61.0 Å². The van der Waals surface area contributed by atoms with Gasteiger partial charge in [-0.2, -0.15) is 0 Å². The average Bonchev–Trinajstić information content (AvgIpc) is 2.72. The third kappa shape index (κ3) is 2.89. The first-order valence-electron chi connectivity index (χ1n) is 11.2. The molecule has 1 heteroatoms. The lowest BCUT2D eigenvalue weighted by molar-refractivity contribution is 0.299. The van der Waals surface area contributed by atoms with Crippen molar-refractivity contribution in [2.75, 3.05) is 0 Å². The van der Waals surface area contributed by atoms with Crippen molar-refractivity contribution in [1.29, 1.82) is 0 Å². The Labute approximate surface area is 172 Å². The van der Waals surface area contributed by atoms with E-state index in [4.69, 9.17) is 2.74 Å². The first kappa shape index (κ1) is 16.5. The molecule has 0 saturated heterocycles. The van der Waals surface area contributed by atoms with Crippen LogP contribution in [0.15, 0.2) is 60.8 Å². The number of fused-ring (bicyclic) bond motifs is 3. The van der Waals surface area contributed by atoms with Crippen LogP contribution in [0.2, 0.25) is 0 Å². The average molecular weight is 372 g/mol. The van der Waals surface area contributed by atoms with Gasteiger partial charge in [-0.3, -0.25) is 4.98 Å². The van der Waals surface area contributed by atoms with Crippen LogP contribution >= 0.6 is 0 Å². The number of benzene rings is 2. The zero-order chi connectivity index (χ0) is 21.9. The summed E-state index contributed by atoms with van der Waals surface area (Å²) in [6, 6.07) is 19.0. The summed E-state index contributed by atoms with van der Waals surface area (Å²) in [5, 5.41) is 0. The molecule has 0 N–H and O–H groups in total. The van der Waals surface area contributed by atoms with E-state index in [1.54, 1.807) is 12.3 Å². The Balaban J connectivity index is 1.90. The minimum absolute atomic E-state index is 0.0142. The number of pyridine rings is 1. The summed E-state index contributed by atoms with van der Waals surface area (Å²) < 4.78 is 16.9. The second-order valence-electron chi connectivity index (χ2n) is 9.28. The van der Waals surface area contributed by atoms with E-state index >= 15 is 0 Å². The van der Waals surface area contributed by atoms with Crippen molar-refractivity contribution in [3.63, 3.8) is 0 Å². The highest BCUT2D eigenvalue weighted by Gasteiger charge is 2.45. The SMILES string of the molecule is [2H]C([2H])(c1ccnc(-c2ccc3c(c2)-c2ccccc2C(C)(C)C3(C)C)c1)C(C)C. The van der Waals surface area contributed by atoms with Crippen molar-refractivity contribution in [2.45, 2.75) is 58.7 Å². The molecular weight excluding hydrogens is 338 g/mol. The minimum Gasteiger partial charge on any atom is -0.256 e. The lowest BCUT2D eigenvalue weighted by Gasteiger charge is -2.48. The fraction of sp³-hybridized carbons (Fsp3) is 0.370. The van der Waals surface area contributed by atoms with Crippen molar-refractivity contribution in [3.05, 3.63) is 77.5 Å². The fourth-order valence-electron chi connectivity index (χ4n) is 4.42. The molecule has 2 aromatic carbocycles. The van der Waals surface area contributed by atoms with Crippen LogP contribution in [0.3, 0.4) is 0 Å². The number of hydrogen-bond donors (Lipinski definition) is 0. The second kappa shape index (κ2) is 6.58. The zero-order valence-electron chi connectivity index (χ0n) is 19.8. The molecule has 3 aromatic rings. The standard InChI is InChI=1S/C27H31N/c1-18(2)15-19-13-14-28-25(16-19)20-11-12-24-22(17-20)21-9-7-8-10-23(21)26(3,4)27(24,5)6/h7-14,16-18H,15H2,1-6H3/i15D2. The van der Waals surface area contributed by atoms with Crippen molar-refractivity contribution in [3.8, 4) is 22.4 Å². The topological polar surface area (TPSA) is 12.9 Å². The van der Waals surface area contributed by atoms with E-state index in [1.807, 2.05) is 19.9 Å². The molecule has 0 amide bonds. The molecule has 4 rings (SSSR count). The lowest BCUT2D eigenvalue weighted by atomic mass is 9.55. The zero-order valence-corrected chi connectivity index (χ0v) is 17.8. The highest BCUT2D eigenvalue weighted by atomic mass is 14.7. The molecule has 0 atom stereocenters. The van der Waals surface area contributed by atoms with E-state index in [9.17, 15) is 0 Å². The van der Waals surface area contributed by atoms with Gasteiger partial charge in [0.15, 0.2) is 0 Å². The van der Waals surface area contributed by atoms with Gasteiger partial charge in [0.25, 0.3) is 0 Å². The third-order valence-corrected chi connectivity index (χ3v) is 6.66. The molecule has 0 radical (unpaired) electrons. The smallest absolute Gasteiger partial charge is 0.0704 e. The maximum Gasteiger partial charge on any atom is 0.0704 e. The van der Waals surface area contributed by atoms with E-state index in [1.165, 1.54) is 22.3 Å². The maximum atomic E-state index is 8.46. The molecule has 0 fully saturated rings. The van der Waals surface area contributed by atoms with Gasteiger partial charge in [-0.1, -0.05) is 77.9 Å². The van der Waals surface area contributed by atoms with Crippen LogP contribution < -0.4 is 0 Å². The van der Waals surface area contributed by atoms with E-state index in [2.05, 4.69) is 75.1 Å². The summed E-state index contributed by atoms with van der Waals surface area (Å²) >= 11 is 0. The molecule has 1 heterocycles. The second-order valence-corrected chi connectivity index (χ2v) is 9.28. The van der Waals surface area contributed by atoms with Gasteiger partial charge in [-0.15, -0.1) is 0 Å². The maximum absolute atomic E-state index is 8.46. The van der Waals surface area contributed by atoms with E-state index in [0.29, 0.717) is 5.56 Å². The highest BCUT2D eigenvalue weighted by Crippen LogP contribution is 2.54. The Hall–Kier alpha value is -2.41. The van der Waals surface area contributed by atoms with Gasteiger partial charge in [0.2, 0.25) is 0 Å². The van der Waals surface area contributed by atoms with Gasteiger partial charge >= 0.3 is 0 Å². The summed E-state index contributed by atoms with van der Waals surface area (Å²) in [6.45, 7) is 13.2. The third-order valence-electron chi connectivity index (χ3n) is 6.66. The predicted octanol–water partition coefficient (Wildman–Crippen LogP) is 7.18. The molecule has 1 aliphatic rings. The Kier molecular flexibility index (Phi) is 3.89. The molecular formula is C27H31N. The number of hydrogen-bond acceptors (Lipinski definition) is 1. The molecule has 0 aliphatic heterocycles. The van der Waals surface area contributed by atoms with Crippen LogP contribution in [0.5, 0.6) is 0 Å². The molecule has 1 aromatic heterocycles. The predicted molar refractivity (Wildman–Crippen MR) is 120 cm³/mol. The fourth-order valence-corrected chi connectivity index (χ4v) is 4.42. The van der Waals surface area contributed by atoms with Gasteiger partial charge in [0.1, 0.15) is 0 Å². The number of rotatable bonds is 3. The van der Waals surface area contributed by atoms with Crippen molar-refractivity contribution >= 4 is 0 Å². The van der Waals surface area contributed by atoms with Crippen molar-refractivity contribution in [1.82, 2.24) is 4.98 Å². The van der Waals surface area contributed by atoms with Gasteiger partial charge < -0.3 is 0 Å². The van der Waals surface area contributed by atoms with Gasteiger partial charge in [0.05, 0.1) is 5.69 Å². The summed E-state index contributed by atoms with van der Waals surface area (Å²) in [7, 11) is 0. The van der Waals surface area contributed by atoms with Crippen LogP contribution in [0.4, 0.5) is 0 Å². The normalized spacial score (nSPS) is 18.1. The number of nitrogens with zero attached hydrogens (tertiary/aromatic N) is 1. The van der Waals surface area contributed by atoms with Crippen LogP contribution in [0.25, 0.3) is 22.4 Å². The molecule has 0 unspecified atom stereocenters. The van der Waals surface area contributed by atoms with E-state index in [0.717, 1.165) is 11.3 Å².